The van der Waals surface area contributed by atoms with E-state index in [1.165, 1.54) is 42.6 Å². The average molecular weight is 587 g/mol. The molecular weight excluding hydrogens is 562 g/mol. The van der Waals surface area contributed by atoms with Gasteiger partial charge in [0, 0.05) is 11.9 Å². The molecular formula is C27H24F6N2O4S. The van der Waals surface area contributed by atoms with Gasteiger partial charge in [0.1, 0.15) is 11.6 Å². The quantitative estimate of drug-likeness (QED) is 0.212. The lowest BCUT2D eigenvalue weighted by Crippen LogP contribution is -2.20. The maximum Gasteiger partial charge on any atom is 0.417 e. The number of halogens is 6. The molecule has 3 aromatic carbocycles. The fourth-order valence-corrected chi connectivity index (χ4v) is 5.33. The molecule has 1 unspecified atom stereocenters. The van der Waals surface area contributed by atoms with Crippen LogP contribution in [0.5, 0.6) is 5.75 Å². The lowest BCUT2D eigenvalue weighted by atomic mass is 10.0. The monoisotopic (exact) mass is 586 g/mol. The van der Waals surface area contributed by atoms with Crippen molar-refractivity contribution >= 4 is 27.6 Å². The highest BCUT2D eigenvalue weighted by molar-refractivity contribution is 7.91. The minimum atomic E-state index is -4.93. The van der Waals surface area contributed by atoms with Crippen molar-refractivity contribution in [3.63, 3.8) is 0 Å². The Morgan fingerprint density at radius 2 is 1.77 bits per heavy atom. The molecule has 0 fully saturated rings. The summed E-state index contributed by atoms with van der Waals surface area (Å²) in [4.78, 5) is 16.6. The number of nitrogens with zero attached hydrogens (tertiary/aromatic N) is 1. The van der Waals surface area contributed by atoms with Crippen LogP contribution in [0, 0.1) is 12.7 Å². The second kappa shape index (κ2) is 12.5. The van der Waals surface area contributed by atoms with E-state index in [1.807, 2.05) is 0 Å². The Labute approximate surface area is 226 Å². The zero-order chi connectivity index (χ0) is 29.7. The number of ether oxygens (including phenoxy) is 1. The van der Waals surface area contributed by atoms with Crippen LogP contribution in [-0.2, 0) is 16.0 Å². The van der Waals surface area contributed by atoms with Crippen molar-refractivity contribution in [2.75, 3.05) is 11.1 Å². The van der Waals surface area contributed by atoms with E-state index >= 15 is 0 Å². The lowest BCUT2D eigenvalue weighted by Gasteiger charge is -2.14. The Bertz CT molecular complexity index is 1510. The maximum absolute atomic E-state index is 14.1. The molecule has 3 aromatic rings. The van der Waals surface area contributed by atoms with E-state index in [-0.39, 0.29) is 16.3 Å². The predicted molar refractivity (Wildman–Crippen MR) is 137 cm³/mol. The van der Waals surface area contributed by atoms with Crippen molar-refractivity contribution in [2.24, 2.45) is 4.99 Å². The zero-order valence-corrected chi connectivity index (χ0v) is 22.0. The molecule has 0 bridgehead atoms. The Morgan fingerprint density at radius 1 is 1.07 bits per heavy atom. The largest absolute Gasteiger partial charge is 0.435 e. The van der Waals surface area contributed by atoms with Crippen LogP contribution in [0.15, 0.2) is 70.6 Å². The molecule has 13 heteroatoms. The van der Waals surface area contributed by atoms with Crippen LogP contribution < -0.4 is 10.1 Å². The SMILES string of the molecule is CCC(CS(=O)(=O)c1cccc(OC(F)F)c1)N=Cc1ccc(NC(=O)c2c(F)cccc2C(F)(F)F)cc1C. The topological polar surface area (TPSA) is 84.8 Å². The third kappa shape index (κ3) is 7.84. The maximum atomic E-state index is 14.1. The molecule has 1 N–H and O–H groups in total. The molecule has 0 heterocycles. The summed E-state index contributed by atoms with van der Waals surface area (Å²) in [5.41, 5.74) is -1.35. The minimum Gasteiger partial charge on any atom is -0.435 e. The van der Waals surface area contributed by atoms with Gasteiger partial charge in [-0.2, -0.15) is 22.0 Å². The van der Waals surface area contributed by atoms with E-state index in [4.69, 9.17) is 0 Å². The fraction of sp³-hybridized carbons (Fsp3) is 0.259. The summed E-state index contributed by atoms with van der Waals surface area (Å²) in [6.45, 7) is 0.246. The minimum absolute atomic E-state index is 0.108. The van der Waals surface area contributed by atoms with E-state index < -0.39 is 57.3 Å². The van der Waals surface area contributed by atoms with E-state index in [1.54, 1.807) is 13.8 Å². The van der Waals surface area contributed by atoms with E-state index in [0.717, 1.165) is 18.2 Å². The first-order valence-electron chi connectivity index (χ1n) is 11.8. The Morgan fingerprint density at radius 3 is 2.40 bits per heavy atom. The average Bonchev–Trinajstić information content (AvgIpc) is 2.86. The molecule has 3 rings (SSSR count). The summed E-state index contributed by atoms with van der Waals surface area (Å²) < 4.78 is 109. The zero-order valence-electron chi connectivity index (χ0n) is 21.2. The predicted octanol–water partition coefficient (Wildman–Crippen LogP) is 6.68. The summed E-state index contributed by atoms with van der Waals surface area (Å²) in [7, 11) is -3.91. The van der Waals surface area contributed by atoms with Crippen molar-refractivity contribution in [1.29, 1.82) is 0 Å². The summed E-state index contributed by atoms with van der Waals surface area (Å²) >= 11 is 0. The molecule has 40 heavy (non-hydrogen) atoms. The molecule has 1 atom stereocenters. The van der Waals surface area contributed by atoms with E-state index in [9.17, 15) is 39.6 Å². The van der Waals surface area contributed by atoms with Crippen LogP contribution in [0.1, 0.15) is 40.4 Å². The first kappa shape index (κ1) is 30.7. The molecule has 0 aliphatic rings. The van der Waals surface area contributed by atoms with Gasteiger partial charge in [-0.05, 0) is 66.9 Å². The number of sulfone groups is 1. The number of carbonyl (C=O) groups is 1. The summed E-state index contributed by atoms with van der Waals surface area (Å²) in [6, 6.07) is 10.6. The van der Waals surface area contributed by atoms with Crippen LogP contribution in [0.25, 0.3) is 0 Å². The van der Waals surface area contributed by atoms with Gasteiger partial charge in [-0.25, -0.2) is 12.8 Å². The lowest BCUT2D eigenvalue weighted by molar-refractivity contribution is -0.138. The first-order chi connectivity index (χ1) is 18.7. The van der Waals surface area contributed by atoms with Gasteiger partial charge in [0.2, 0.25) is 0 Å². The number of benzene rings is 3. The number of amides is 1. The Hall–Kier alpha value is -3.87. The number of aliphatic imine (C=N–C) groups is 1. The normalized spacial score (nSPS) is 13.0. The summed E-state index contributed by atoms with van der Waals surface area (Å²) in [5.74, 6) is -3.29. The molecule has 6 nitrogen and oxygen atoms in total. The highest BCUT2D eigenvalue weighted by Crippen LogP contribution is 2.33. The molecule has 0 radical (unpaired) electrons. The summed E-state index contributed by atoms with van der Waals surface area (Å²) in [5, 5.41) is 2.26. The number of rotatable bonds is 10. The van der Waals surface area contributed by atoms with Crippen molar-refractivity contribution in [1.82, 2.24) is 0 Å². The second-order valence-corrected chi connectivity index (χ2v) is 10.7. The molecule has 1 amide bonds. The Balaban J connectivity index is 1.75. The van der Waals surface area contributed by atoms with Crippen LogP contribution in [0.2, 0.25) is 0 Å². The molecule has 0 spiro atoms. The van der Waals surface area contributed by atoms with Crippen LogP contribution in [0.3, 0.4) is 0 Å². The number of hydrogen-bond donors (Lipinski definition) is 1. The highest BCUT2D eigenvalue weighted by Gasteiger charge is 2.36. The van der Waals surface area contributed by atoms with Gasteiger partial charge in [0.15, 0.2) is 9.84 Å². The van der Waals surface area contributed by atoms with Crippen LogP contribution in [-0.4, -0.2) is 38.9 Å². The number of hydrogen-bond acceptors (Lipinski definition) is 5. The van der Waals surface area contributed by atoms with Gasteiger partial charge in [0.05, 0.1) is 27.8 Å². The number of nitrogens with one attached hydrogen (secondary N) is 1. The van der Waals surface area contributed by atoms with Gasteiger partial charge >= 0.3 is 12.8 Å². The van der Waals surface area contributed by atoms with E-state index in [2.05, 4.69) is 15.0 Å². The summed E-state index contributed by atoms with van der Waals surface area (Å²) in [6.07, 6.45) is -3.18. The van der Waals surface area contributed by atoms with Gasteiger partial charge in [-0.15, -0.1) is 0 Å². The highest BCUT2D eigenvalue weighted by atomic mass is 32.2. The van der Waals surface area contributed by atoms with Crippen molar-refractivity contribution in [3.8, 4) is 5.75 Å². The fourth-order valence-electron chi connectivity index (χ4n) is 3.73. The van der Waals surface area contributed by atoms with Crippen LogP contribution in [0.4, 0.5) is 32.0 Å². The molecule has 0 saturated heterocycles. The van der Waals surface area contributed by atoms with Gasteiger partial charge < -0.3 is 10.1 Å². The smallest absolute Gasteiger partial charge is 0.417 e. The standard InChI is InChI=1S/C27H24F6N2O4S/c1-3-18(15-40(37,38)21-7-4-6-20(13-21)39-26(29)30)34-14-17-10-11-19(12-16(17)2)35-25(36)24-22(27(31,32)33)8-5-9-23(24)28/h4-14,18,26H,3,15H2,1-2H3,(H,35,36). The molecule has 0 saturated carbocycles. The molecule has 0 aromatic heterocycles. The molecule has 214 valence electrons. The third-order valence-electron chi connectivity index (χ3n) is 5.77. The third-order valence-corrected chi connectivity index (χ3v) is 7.57. The van der Waals surface area contributed by atoms with Crippen molar-refractivity contribution in [3.05, 3.63) is 88.7 Å². The van der Waals surface area contributed by atoms with Crippen LogP contribution >= 0.6 is 0 Å². The Kier molecular flexibility index (Phi) is 9.61. The number of carbonyl (C=O) groups excluding carboxylic acids is 1. The number of alkyl halides is 5. The van der Waals surface area contributed by atoms with Crippen molar-refractivity contribution < 1.29 is 44.3 Å². The molecule has 0 aliphatic carbocycles. The van der Waals surface area contributed by atoms with Gasteiger partial charge in [-0.1, -0.05) is 25.1 Å². The number of anilines is 1. The number of aryl methyl sites for hydroxylation is 1. The van der Waals surface area contributed by atoms with Gasteiger partial charge in [0.25, 0.3) is 5.91 Å². The molecule has 0 aliphatic heterocycles. The first-order valence-corrected chi connectivity index (χ1v) is 13.4. The van der Waals surface area contributed by atoms with Gasteiger partial charge in [-0.3, -0.25) is 9.79 Å². The van der Waals surface area contributed by atoms with Crippen molar-refractivity contribution in [2.45, 2.75) is 44.0 Å². The van der Waals surface area contributed by atoms with E-state index in [0.29, 0.717) is 23.6 Å². The second-order valence-electron chi connectivity index (χ2n) is 8.66.